The van der Waals surface area contributed by atoms with E-state index in [1.165, 1.54) is 18.2 Å². The normalized spacial score (nSPS) is 18.6. The molecule has 96 valence electrons. The maximum Gasteiger partial charge on any atom is 0.294 e. The van der Waals surface area contributed by atoms with Crippen LogP contribution in [-0.2, 0) is 4.79 Å². The molecule has 1 aromatic rings. The number of nitro groups is 1. The number of nitrogens with zero attached hydrogens (tertiary/aromatic N) is 1. The van der Waals surface area contributed by atoms with E-state index < -0.39 is 4.92 Å². The predicted molar refractivity (Wildman–Crippen MR) is 71.0 cm³/mol. The van der Waals surface area contributed by atoms with Crippen LogP contribution in [0.15, 0.2) is 18.2 Å². The number of hydrogen-bond acceptors (Lipinski definition) is 5. The van der Waals surface area contributed by atoms with Gasteiger partial charge in [-0.25, -0.2) is 0 Å². The fourth-order valence-corrected chi connectivity index (χ4v) is 2.65. The summed E-state index contributed by atoms with van der Waals surface area (Å²) in [6, 6.07) is 3.83. The Morgan fingerprint density at radius 2 is 2.39 bits per heavy atom. The van der Waals surface area contributed by atoms with Gasteiger partial charge in [0.2, 0.25) is 5.91 Å². The minimum absolute atomic E-state index is 0.160. The van der Waals surface area contributed by atoms with Gasteiger partial charge >= 0.3 is 0 Å². The molecule has 8 heteroatoms. The molecule has 18 heavy (non-hydrogen) atoms. The fourth-order valence-electron chi connectivity index (χ4n) is 1.55. The Labute approximate surface area is 112 Å². The van der Waals surface area contributed by atoms with Gasteiger partial charge in [-0.3, -0.25) is 20.2 Å². The van der Waals surface area contributed by atoms with Crippen LogP contribution in [0.2, 0.25) is 5.02 Å². The Kier molecular flexibility index (Phi) is 4.05. The zero-order valence-electron chi connectivity index (χ0n) is 9.18. The molecule has 0 radical (unpaired) electrons. The molecule has 6 nitrogen and oxygen atoms in total. The SMILES string of the molecule is O=C(Nc1ccc(Cl)cc1[N+](=O)[O-])C1CSCN1. The Bertz CT molecular complexity index is 491. The second kappa shape index (κ2) is 5.55. The van der Waals surface area contributed by atoms with Crippen LogP contribution in [-0.4, -0.2) is 28.5 Å². The Morgan fingerprint density at radius 1 is 1.61 bits per heavy atom. The number of carbonyl (C=O) groups excluding carboxylic acids is 1. The van der Waals surface area contributed by atoms with E-state index in [2.05, 4.69) is 10.6 Å². The maximum atomic E-state index is 11.8. The van der Waals surface area contributed by atoms with E-state index in [4.69, 9.17) is 11.6 Å². The number of halogens is 1. The molecule has 1 fully saturated rings. The monoisotopic (exact) mass is 287 g/mol. The molecule has 2 N–H and O–H groups in total. The summed E-state index contributed by atoms with van der Waals surface area (Å²) in [6.07, 6.45) is 0. The van der Waals surface area contributed by atoms with Crippen molar-refractivity contribution in [1.82, 2.24) is 5.32 Å². The average molecular weight is 288 g/mol. The van der Waals surface area contributed by atoms with E-state index in [0.29, 0.717) is 11.6 Å². The highest BCUT2D eigenvalue weighted by Gasteiger charge is 2.25. The van der Waals surface area contributed by atoms with Crippen molar-refractivity contribution in [2.75, 3.05) is 16.9 Å². The number of carbonyl (C=O) groups is 1. The van der Waals surface area contributed by atoms with E-state index in [1.807, 2.05) is 0 Å². The first-order chi connectivity index (χ1) is 8.58. The fraction of sp³-hybridized carbons (Fsp3) is 0.300. The molecule has 0 bridgehead atoms. The highest BCUT2D eigenvalue weighted by atomic mass is 35.5. The van der Waals surface area contributed by atoms with Gasteiger partial charge in [0.25, 0.3) is 5.69 Å². The van der Waals surface area contributed by atoms with Gasteiger partial charge in [-0.05, 0) is 12.1 Å². The summed E-state index contributed by atoms with van der Waals surface area (Å²) in [5.74, 6) is 1.10. The average Bonchev–Trinajstić information content (AvgIpc) is 2.84. The van der Waals surface area contributed by atoms with Crippen LogP contribution in [0.4, 0.5) is 11.4 Å². The molecular weight excluding hydrogens is 278 g/mol. The zero-order valence-corrected chi connectivity index (χ0v) is 10.8. The van der Waals surface area contributed by atoms with Crippen molar-refractivity contribution in [1.29, 1.82) is 0 Å². The van der Waals surface area contributed by atoms with Crippen molar-refractivity contribution in [2.45, 2.75) is 6.04 Å². The molecule has 2 rings (SSSR count). The van der Waals surface area contributed by atoms with E-state index >= 15 is 0 Å². The van der Waals surface area contributed by atoms with Crippen molar-refractivity contribution in [3.8, 4) is 0 Å². The Morgan fingerprint density at radius 3 is 3.00 bits per heavy atom. The van der Waals surface area contributed by atoms with Crippen molar-refractivity contribution < 1.29 is 9.72 Å². The lowest BCUT2D eigenvalue weighted by Gasteiger charge is -2.10. The molecular formula is C10H10ClN3O3S. The molecule has 1 saturated heterocycles. The number of nitrogens with one attached hydrogen (secondary N) is 2. The third-order valence-electron chi connectivity index (χ3n) is 2.45. The molecule has 1 atom stereocenters. The smallest absolute Gasteiger partial charge is 0.294 e. The number of rotatable bonds is 3. The summed E-state index contributed by atoms with van der Waals surface area (Å²) in [4.78, 5) is 22.1. The van der Waals surface area contributed by atoms with Gasteiger partial charge in [0.05, 0.1) is 11.0 Å². The molecule has 1 aliphatic heterocycles. The highest BCUT2D eigenvalue weighted by molar-refractivity contribution is 7.99. The van der Waals surface area contributed by atoms with E-state index in [0.717, 1.165) is 0 Å². The lowest BCUT2D eigenvalue weighted by atomic mass is 10.2. The molecule has 1 aromatic carbocycles. The summed E-state index contributed by atoms with van der Waals surface area (Å²) >= 11 is 7.30. The summed E-state index contributed by atoms with van der Waals surface area (Å²) in [7, 11) is 0. The number of hydrogen-bond donors (Lipinski definition) is 2. The van der Waals surface area contributed by atoms with Crippen LogP contribution in [0.25, 0.3) is 0 Å². The van der Waals surface area contributed by atoms with Gasteiger partial charge in [-0.15, -0.1) is 11.8 Å². The maximum absolute atomic E-state index is 11.8. The van der Waals surface area contributed by atoms with Gasteiger partial charge in [-0.1, -0.05) is 11.6 Å². The number of amides is 1. The second-order valence-electron chi connectivity index (χ2n) is 3.68. The molecule has 1 aliphatic rings. The van der Waals surface area contributed by atoms with Gasteiger partial charge in [0, 0.05) is 22.7 Å². The first-order valence-electron chi connectivity index (χ1n) is 5.14. The second-order valence-corrected chi connectivity index (χ2v) is 5.15. The Hall–Kier alpha value is -1.31. The number of benzene rings is 1. The van der Waals surface area contributed by atoms with Crippen LogP contribution < -0.4 is 10.6 Å². The lowest BCUT2D eigenvalue weighted by molar-refractivity contribution is -0.383. The van der Waals surface area contributed by atoms with Gasteiger partial charge in [0.1, 0.15) is 5.69 Å². The first kappa shape index (κ1) is 13.1. The highest BCUT2D eigenvalue weighted by Crippen LogP contribution is 2.28. The lowest BCUT2D eigenvalue weighted by Crippen LogP contribution is -2.37. The third-order valence-corrected chi connectivity index (χ3v) is 3.62. The van der Waals surface area contributed by atoms with Crippen LogP contribution in [0.3, 0.4) is 0 Å². The van der Waals surface area contributed by atoms with Crippen molar-refractivity contribution in [2.24, 2.45) is 0 Å². The van der Waals surface area contributed by atoms with E-state index in [9.17, 15) is 14.9 Å². The molecule has 0 aliphatic carbocycles. The minimum atomic E-state index is -0.571. The summed E-state index contributed by atoms with van der Waals surface area (Å²) < 4.78 is 0. The molecule has 0 spiro atoms. The standard InChI is InChI=1S/C10H10ClN3O3S/c11-6-1-2-7(9(3-6)14(16)17)13-10(15)8-4-18-5-12-8/h1-3,8,12H,4-5H2,(H,13,15). The Balaban J connectivity index is 2.17. The largest absolute Gasteiger partial charge is 0.319 e. The molecule has 1 unspecified atom stereocenters. The summed E-state index contributed by atoms with van der Waals surface area (Å²) in [5, 5.41) is 16.6. The summed E-state index contributed by atoms with van der Waals surface area (Å²) in [6.45, 7) is 0. The van der Waals surface area contributed by atoms with Crippen LogP contribution in [0.1, 0.15) is 0 Å². The van der Waals surface area contributed by atoms with E-state index in [1.54, 1.807) is 11.8 Å². The predicted octanol–water partition coefficient (Wildman–Crippen LogP) is 1.85. The molecule has 1 heterocycles. The number of thioether (sulfide) groups is 1. The summed E-state index contributed by atoms with van der Waals surface area (Å²) in [5.41, 5.74) is -0.0467. The van der Waals surface area contributed by atoms with Crippen molar-refractivity contribution in [3.05, 3.63) is 33.3 Å². The van der Waals surface area contributed by atoms with Crippen molar-refractivity contribution >= 4 is 40.6 Å². The zero-order chi connectivity index (χ0) is 13.1. The van der Waals surface area contributed by atoms with Crippen LogP contribution >= 0.6 is 23.4 Å². The molecule has 0 saturated carbocycles. The van der Waals surface area contributed by atoms with Crippen molar-refractivity contribution in [3.63, 3.8) is 0 Å². The molecule has 0 aromatic heterocycles. The molecule has 1 amide bonds. The quantitative estimate of drug-likeness (QED) is 0.655. The van der Waals surface area contributed by atoms with Gasteiger partial charge in [0.15, 0.2) is 0 Å². The topological polar surface area (TPSA) is 84.3 Å². The van der Waals surface area contributed by atoms with Gasteiger partial charge in [-0.2, -0.15) is 0 Å². The van der Waals surface area contributed by atoms with Crippen LogP contribution in [0, 0.1) is 10.1 Å². The first-order valence-corrected chi connectivity index (χ1v) is 6.67. The van der Waals surface area contributed by atoms with Crippen LogP contribution in [0.5, 0.6) is 0 Å². The van der Waals surface area contributed by atoms with E-state index in [-0.39, 0.29) is 28.3 Å². The number of nitro benzene ring substituents is 1. The number of anilines is 1. The van der Waals surface area contributed by atoms with Gasteiger partial charge < -0.3 is 5.32 Å². The minimum Gasteiger partial charge on any atom is -0.319 e. The third kappa shape index (κ3) is 2.92.